The molecule has 0 spiro atoms. The highest BCUT2D eigenvalue weighted by molar-refractivity contribution is 5.92. The van der Waals surface area contributed by atoms with E-state index < -0.39 is 5.91 Å². The zero-order valence-corrected chi connectivity index (χ0v) is 21.4. The summed E-state index contributed by atoms with van der Waals surface area (Å²) in [6, 6.07) is 17.4. The van der Waals surface area contributed by atoms with Crippen LogP contribution in [0.5, 0.6) is 5.75 Å². The zero-order chi connectivity index (χ0) is 25.7. The summed E-state index contributed by atoms with van der Waals surface area (Å²) in [5.41, 5.74) is 9.07. The molecule has 8 heteroatoms. The van der Waals surface area contributed by atoms with Crippen molar-refractivity contribution in [3.63, 3.8) is 0 Å². The smallest absolute Gasteiger partial charge is 0.307 e. The van der Waals surface area contributed by atoms with E-state index in [2.05, 4.69) is 45.6 Å². The van der Waals surface area contributed by atoms with Crippen LogP contribution < -0.4 is 10.2 Å². The third kappa shape index (κ3) is 5.60. The average molecular weight is 489 g/mol. The van der Waals surface area contributed by atoms with Crippen LogP contribution in [0.1, 0.15) is 44.7 Å². The van der Waals surface area contributed by atoms with E-state index in [9.17, 15) is 4.79 Å². The van der Waals surface area contributed by atoms with E-state index in [1.165, 1.54) is 11.4 Å². The van der Waals surface area contributed by atoms with Crippen LogP contribution in [0, 0.1) is 27.7 Å². The molecule has 36 heavy (non-hydrogen) atoms. The summed E-state index contributed by atoms with van der Waals surface area (Å²) in [5, 5.41) is 4.10. The van der Waals surface area contributed by atoms with Crippen LogP contribution in [0.25, 0.3) is 5.69 Å². The minimum atomic E-state index is -0.424. The van der Waals surface area contributed by atoms with Crippen molar-refractivity contribution >= 4 is 12.1 Å². The molecular formula is C28H32N4O4. The molecule has 3 heterocycles. The van der Waals surface area contributed by atoms with Gasteiger partial charge in [0.25, 0.3) is 0 Å². The van der Waals surface area contributed by atoms with Crippen molar-refractivity contribution in [1.82, 2.24) is 14.6 Å². The Morgan fingerprint density at radius 2 is 1.72 bits per heavy atom. The number of aromatic nitrogens is 2. The van der Waals surface area contributed by atoms with E-state index >= 15 is 0 Å². The van der Waals surface area contributed by atoms with E-state index in [1.54, 1.807) is 25.5 Å². The Kier molecular flexibility index (Phi) is 7.75. The number of carbonyl (C=O) groups is 1. The summed E-state index contributed by atoms with van der Waals surface area (Å²) in [5.74, 6) is 1.01. The molecule has 0 fully saturated rings. The number of ether oxygens (including phenoxy) is 2. The molecule has 0 saturated heterocycles. The van der Waals surface area contributed by atoms with Crippen molar-refractivity contribution in [1.29, 1.82) is 0 Å². The number of carbonyl (C=O) groups excluding carboxylic acids is 1. The lowest BCUT2D eigenvalue weighted by Gasteiger charge is -2.10. The Morgan fingerprint density at radius 1 is 1.00 bits per heavy atom. The topological polar surface area (TPSA) is 82.9 Å². The van der Waals surface area contributed by atoms with Gasteiger partial charge in [-0.3, -0.25) is 4.79 Å². The second-order valence-corrected chi connectivity index (χ2v) is 8.67. The monoisotopic (exact) mass is 488 g/mol. The van der Waals surface area contributed by atoms with Gasteiger partial charge in [-0.2, -0.15) is 5.10 Å². The van der Waals surface area contributed by atoms with Crippen molar-refractivity contribution in [3.05, 3.63) is 94.5 Å². The van der Waals surface area contributed by atoms with Gasteiger partial charge in [0.1, 0.15) is 18.1 Å². The third-order valence-corrected chi connectivity index (χ3v) is 6.13. The number of methoxy groups -OCH3 is 1. The standard InChI is InChI=1S/C28H32N4O4/c1-19-6-7-20(2)32(19)24-8-10-25(11-9-24)35-18-26-12-13-27(36-26)28(33)30-29-17-23-16-21(3)31(22(23)4)14-15-34-5/h6-13,16-17H,14-15,18H2,1-5H3,(H,30,33)/b29-17+. The summed E-state index contributed by atoms with van der Waals surface area (Å²) in [6.07, 6.45) is 1.64. The van der Waals surface area contributed by atoms with Gasteiger partial charge in [-0.15, -0.1) is 0 Å². The van der Waals surface area contributed by atoms with Gasteiger partial charge in [0.15, 0.2) is 5.76 Å². The van der Waals surface area contributed by atoms with Crippen molar-refractivity contribution < 1.29 is 18.7 Å². The summed E-state index contributed by atoms with van der Waals surface area (Å²) >= 11 is 0. The molecule has 1 N–H and O–H groups in total. The molecular weight excluding hydrogens is 456 g/mol. The number of hydrogen-bond acceptors (Lipinski definition) is 5. The maximum absolute atomic E-state index is 12.4. The van der Waals surface area contributed by atoms with Gasteiger partial charge < -0.3 is 23.0 Å². The maximum Gasteiger partial charge on any atom is 0.307 e. The molecule has 8 nitrogen and oxygen atoms in total. The van der Waals surface area contributed by atoms with E-state index in [0.29, 0.717) is 12.4 Å². The normalized spacial score (nSPS) is 11.4. The SMILES string of the molecule is COCCn1c(C)cc(/C=N/NC(=O)c2ccc(COc3ccc(-n4c(C)ccc4C)cc3)o2)c1C. The fourth-order valence-corrected chi connectivity index (χ4v) is 4.20. The molecule has 0 aliphatic rings. The highest BCUT2D eigenvalue weighted by atomic mass is 16.5. The Morgan fingerprint density at radius 3 is 2.42 bits per heavy atom. The first kappa shape index (κ1) is 25.1. The lowest BCUT2D eigenvalue weighted by atomic mass is 10.3. The predicted molar refractivity (Wildman–Crippen MR) is 139 cm³/mol. The molecule has 1 aromatic carbocycles. The van der Waals surface area contributed by atoms with Gasteiger partial charge in [0.2, 0.25) is 0 Å². The van der Waals surface area contributed by atoms with Gasteiger partial charge in [0, 0.05) is 47.7 Å². The summed E-state index contributed by atoms with van der Waals surface area (Å²) < 4.78 is 21.0. The van der Waals surface area contributed by atoms with Crippen LogP contribution in [0.2, 0.25) is 0 Å². The highest BCUT2D eigenvalue weighted by Gasteiger charge is 2.12. The molecule has 0 radical (unpaired) electrons. The maximum atomic E-state index is 12.4. The summed E-state index contributed by atoms with van der Waals surface area (Å²) in [4.78, 5) is 12.4. The first-order valence-corrected chi connectivity index (χ1v) is 11.8. The molecule has 0 saturated carbocycles. The summed E-state index contributed by atoms with van der Waals surface area (Å²) in [7, 11) is 1.68. The van der Waals surface area contributed by atoms with Crippen LogP contribution >= 0.6 is 0 Å². The minimum Gasteiger partial charge on any atom is -0.486 e. The number of nitrogens with zero attached hydrogens (tertiary/aromatic N) is 3. The molecule has 4 rings (SSSR count). The van der Waals surface area contributed by atoms with Gasteiger partial charge in [-0.1, -0.05) is 0 Å². The van der Waals surface area contributed by atoms with Crippen LogP contribution in [0.4, 0.5) is 0 Å². The summed E-state index contributed by atoms with van der Waals surface area (Å²) in [6.45, 7) is 9.82. The molecule has 188 valence electrons. The third-order valence-electron chi connectivity index (χ3n) is 6.13. The average Bonchev–Trinajstić information content (AvgIpc) is 3.55. The molecule has 0 aliphatic carbocycles. The second kappa shape index (κ2) is 11.1. The fourth-order valence-electron chi connectivity index (χ4n) is 4.20. The van der Waals surface area contributed by atoms with Gasteiger partial charge in [-0.25, -0.2) is 5.43 Å². The Hall–Kier alpha value is -4.04. The lowest BCUT2D eigenvalue weighted by molar-refractivity contribution is 0.0923. The first-order valence-electron chi connectivity index (χ1n) is 11.8. The molecule has 0 unspecified atom stereocenters. The second-order valence-electron chi connectivity index (χ2n) is 8.67. The largest absolute Gasteiger partial charge is 0.486 e. The number of amides is 1. The van der Waals surface area contributed by atoms with Crippen LogP contribution in [0.3, 0.4) is 0 Å². The highest BCUT2D eigenvalue weighted by Crippen LogP contribution is 2.21. The van der Waals surface area contributed by atoms with Gasteiger partial charge in [0.05, 0.1) is 12.8 Å². The lowest BCUT2D eigenvalue weighted by Crippen LogP contribution is -2.16. The van der Waals surface area contributed by atoms with E-state index in [4.69, 9.17) is 13.9 Å². The quantitative estimate of drug-likeness (QED) is 0.249. The van der Waals surface area contributed by atoms with Crippen molar-refractivity contribution in [2.75, 3.05) is 13.7 Å². The zero-order valence-electron chi connectivity index (χ0n) is 21.4. The Labute approximate surface area is 211 Å². The molecule has 1 amide bonds. The van der Waals surface area contributed by atoms with Crippen molar-refractivity contribution in [2.45, 2.75) is 40.8 Å². The van der Waals surface area contributed by atoms with Gasteiger partial charge in [-0.05, 0) is 82.3 Å². The van der Waals surface area contributed by atoms with Crippen LogP contribution in [0.15, 0.2) is 64.1 Å². The number of hydrogen-bond donors (Lipinski definition) is 1. The molecule has 3 aromatic heterocycles. The number of furan rings is 1. The Balaban J connectivity index is 1.31. The Bertz CT molecular complexity index is 1340. The van der Waals surface area contributed by atoms with Gasteiger partial charge >= 0.3 is 5.91 Å². The van der Waals surface area contributed by atoms with E-state index in [-0.39, 0.29) is 12.4 Å². The number of benzene rings is 1. The molecule has 4 aromatic rings. The van der Waals surface area contributed by atoms with E-state index in [1.807, 2.05) is 44.2 Å². The number of rotatable bonds is 10. The number of hydrazone groups is 1. The number of nitrogens with one attached hydrogen (secondary N) is 1. The van der Waals surface area contributed by atoms with Crippen molar-refractivity contribution in [2.24, 2.45) is 5.10 Å². The van der Waals surface area contributed by atoms with E-state index in [0.717, 1.165) is 34.9 Å². The molecule has 0 atom stereocenters. The van der Waals surface area contributed by atoms with Crippen LogP contribution in [-0.2, 0) is 17.9 Å². The minimum absolute atomic E-state index is 0.172. The van der Waals surface area contributed by atoms with Crippen molar-refractivity contribution in [3.8, 4) is 11.4 Å². The molecule has 0 aliphatic heterocycles. The first-order chi connectivity index (χ1) is 17.4. The van der Waals surface area contributed by atoms with Crippen LogP contribution in [-0.4, -0.2) is 35.0 Å². The fraction of sp³-hybridized carbons (Fsp3) is 0.286. The number of aryl methyl sites for hydroxylation is 3. The molecule has 0 bridgehead atoms. The predicted octanol–water partition coefficient (Wildman–Crippen LogP) is 5.09.